The fourth-order valence-corrected chi connectivity index (χ4v) is 4.08. The van der Waals surface area contributed by atoms with Gasteiger partial charge in [-0.25, -0.2) is 0 Å². The monoisotopic (exact) mass is 240 g/mol. The molecule has 1 unspecified atom stereocenters. The molecule has 0 bridgehead atoms. The number of aromatic nitrogens is 1. The summed E-state index contributed by atoms with van der Waals surface area (Å²) in [5, 5.41) is 4.90. The largest absolute Gasteiger partial charge is 0.358 e. The fraction of sp³-hybridized carbons (Fsp3) is 0.500. The molecule has 0 amide bonds. The van der Waals surface area contributed by atoms with E-state index in [0.717, 1.165) is 5.92 Å². The Morgan fingerprint density at radius 3 is 2.78 bits per heavy atom. The van der Waals surface area contributed by atoms with E-state index in [2.05, 4.69) is 41.5 Å². The van der Waals surface area contributed by atoms with Gasteiger partial charge in [0, 0.05) is 29.7 Å². The lowest BCUT2D eigenvalue weighted by Gasteiger charge is -2.39. The number of rotatable bonds is 1. The van der Waals surface area contributed by atoms with Gasteiger partial charge in [-0.3, -0.25) is 0 Å². The molecule has 18 heavy (non-hydrogen) atoms. The molecule has 2 fully saturated rings. The van der Waals surface area contributed by atoms with E-state index in [-0.39, 0.29) is 0 Å². The summed E-state index contributed by atoms with van der Waals surface area (Å²) in [5.41, 5.74) is 4.91. The van der Waals surface area contributed by atoms with Gasteiger partial charge in [-0.2, -0.15) is 0 Å². The zero-order valence-corrected chi connectivity index (χ0v) is 10.9. The van der Waals surface area contributed by atoms with Crippen LogP contribution >= 0.6 is 0 Å². The van der Waals surface area contributed by atoms with Crippen molar-refractivity contribution in [2.75, 3.05) is 13.1 Å². The van der Waals surface area contributed by atoms with Crippen molar-refractivity contribution in [2.45, 2.75) is 32.1 Å². The van der Waals surface area contributed by atoms with Gasteiger partial charge in [-0.05, 0) is 49.1 Å². The maximum Gasteiger partial charge on any atom is 0.0458 e. The molecule has 1 saturated carbocycles. The van der Waals surface area contributed by atoms with Gasteiger partial charge in [-0.1, -0.05) is 18.2 Å². The number of nitrogens with one attached hydrogen (secondary N) is 2. The van der Waals surface area contributed by atoms with Crippen LogP contribution < -0.4 is 5.32 Å². The Morgan fingerprint density at radius 2 is 2.06 bits per heavy atom. The van der Waals surface area contributed by atoms with E-state index in [1.54, 1.807) is 5.56 Å². The standard InChI is InChI=1S/C16H20N2/c1-11-15(13-4-2-3-5-14(13)18-11)12-6-7-16(8-12)9-17-10-16/h2-5,12,17-18H,6-10H2,1H3. The Balaban J connectivity index is 1.76. The van der Waals surface area contributed by atoms with Crippen LogP contribution in [0.4, 0.5) is 0 Å². The summed E-state index contributed by atoms with van der Waals surface area (Å²) in [5.74, 6) is 0.767. The van der Waals surface area contributed by atoms with Crippen molar-refractivity contribution in [3.8, 4) is 0 Å². The molecule has 1 spiro atoms. The number of benzene rings is 1. The number of H-pyrrole nitrogens is 1. The third kappa shape index (κ3) is 1.39. The van der Waals surface area contributed by atoms with Crippen LogP contribution in [0, 0.1) is 12.3 Å². The summed E-state index contributed by atoms with van der Waals surface area (Å²) >= 11 is 0. The number of hydrogen-bond acceptors (Lipinski definition) is 1. The Kier molecular flexibility index (Phi) is 2.13. The third-order valence-corrected chi connectivity index (χ3v) is 5.05. The summed E-state index contributed by atoms with van der Waals surface area (Å²) < 4.78 is 0. The maximum atomic E-state index is 3.55. The number of hydrogen-bond donors (Lipinski definition) is 2. The van der Waals surface area contributed by atoms with Crippen LogP contribution in [-0.2, 0) is 0 Å². The van der Waals surface area contributed by atoms with Gasteiger partial charge in [0.15, 0.2) is 0 Å². The highest BCUT2D eigenvalue weighted by Gasteiger charge is 2.44. The zero-order valence-electron chi connectivity index (χ0n) is 10.9. The van der Waals surface area contributed by atoms with Crippen molar-refractivity contribution in [1.82, 2.24) is 10.3 Å². The van der Waals surface area contributed by atoms with Crippen LogP contribution in [0.3, 0.4) is 0 Å². The molecule has 1 aromatic carbocycles. The van der Waals surface area contributed by atoms with E-state index in [9.17, 15) is 0 Å². The molecule has 2 N–H and O–H groups in total. The second-order valence-corrected chi connectivity index (χ2v) is 6.25. The van der Waals surface area contributed by atoms with Crippen LogP contribution in [0.5, 0.6) is 0 Å². The van der Waals surface area contributed by atoms with Gasteiger partial charge in [0.1, 0.15) is 0 Å². The second-order valence-electron chi connectivity index (χ2n) is 6.25. The van der Waals surface area contributed by atoms with Crippen LogP contribution in [0.1, 0.15) is 36.4 Å². The quantitative estimate of drug-likeness (QED) is 0.786. The molecular weight excluding hydrogens is 220 g/mol. The van der Waals surface area contributed by atoms with Gasteiger partial charge in [0.25, 0.3) is 0 Å². The van der Waals surface area contributed by atoms with Crippen molar-refractivity contribution in [2.24, 2.45) is 5.41 Å². The highest BCUT2D eigenvalue weighted by Crippen LogP contribution is 2.50. The van der Waals surface area contributed by atoms with E-state index in [1.165, 1.54) is 48.9 Å². The Labute approximate surface area is 108 Å². The van der Waals surface area contributed by atoms with Crippen LogP contribution in [-0.4, -0.2) is 18.1 Å². The van der Waals surface area contributed by atoms with Crippen molar-refractivity contribution >= 4 is 10.9 Å². The van der Waals surface area contributed by atoms with E-state index in [4.69, 9.17) is 0 Å². The summed E-state index contributed by atoms with van der Waals surface area (Å²) in [6.07, 6.45) is 4.15. The van der Waals surface area contributed by atoms with Crippen LogP contribution in [0.25, 0.3) is 10.9 Å². The molecular formula is C16H20N2. The molecule has 1 aliphatic carbocycles. The molecule has 1 saturated heterocycles. The van der Waals surface area contributed by atoms with E-state index < -0.39 is 0 Å². The lowest BCUT2D eigenvalue weighted by Crippen LogP contribution is -2.51. The lowest BCUT2D eigenvalue weighted by atomic mass is 9.78. The molecule has 1 aromatic heterocycles. The average molecular weight is 240 g/mol. The molecule has 2 heterocycles. The first-order valence-electron chi connectivity index (χ1n) is 7.05. The Bertz CT molecular complexity index is 592. The lowest BCUT2D eigenvalue weighted by molar-refractivity contribution is 0.175. The first-order valence-corrected chi connectivity index (χ1v) is 7.05. The fourth-order valence-electron chi connectivity index (χ4n) is 4.08. The maximum absolute atomic E-state index is 3.55. The van der Waals surface area contributed by atoms with Gasteiger partial charge in [0.2, 0.25) is 0 Å². The number of aryl methyl sites for hydroxylation is 1. The molecule has 0 radical (unpaired) electrons. The smallest absolute Gasteiger partial charge is 0.0458 e. The van der Waals surface area contributed by atoms with Crippen molar-refractivity contribution in [3.63, 3.8) is 0 Å². The molecule has 2 heteroatoms. The minimum atomic E-state index is 0.634. The molecule has 2 aliphatic rings. The second kappa shape index (κ2) is 3.61. The highest BCUT2D eigenvalue weighted by molar-refractivity contribution is 5.85. The van der Waals surface area contributed by atoms with Gasteiger partial charge >= 0.3 is 0 Å². The topological polar surface area (TPSA) is 27.8 Å². The minimum Gasteiger partial charge on any atom is -0.358 e. The zero-order chi connectivity index (χ0) is 12.2. The molecule has 1 aliphatic heterocycles. The van der Waals surface area contributed by atoms with Gasteiger partial charge in [0.05, 0.1) is 0 Å². The molecule has 2 aromatic rings. The molecule has 1 atom stereocenters. The van der Waals surface area contributed by atoms with Crippen LogP contribution in [0.15, 0.2) is 24.3 Å². The van der Waals surface area contributed by atoms with E-state index >= 15 is 0 Å². The summed E-state index contributed by atoms with van der Waals surface area (Å²) in [4.78, 5) is 3.55. The predicted octanol–water partition coefficient (Wildman–Crippen LogP) is 3.33. The normalized spacial score (nSPS) is 25.7. The first-order chi connectivity index (χ1) is 8.77. The number of fused-ring (bicyclic) bond motifs is 1. The molecule has 4 rings (SSSR count). The SMILES string of the molecule is Cc1[nH]c2ccccc2c1C1CCC2(CNC2)C1. The Hall–Kier alpha value is -1.28. The Morgan fingerprint density at radius 1 is 1.22 bits per heavy atom. The average Bonchev–Trinajstić information content (AvgIpc) is 2.88. The number of aromatic amines is 1. The predicted molar refractivity (Wildman–Crippen MR) is 74.9 cm³/mol. The van der Waals surface area contributed by atoms with Gasteiger partial charge in [-0.15, -0.1) is 0 Å². The molecule has 94 valence electrons. The van der Waals surface area contributed by atoms with E-state index in [1.807, 2.05) is 0 Å². The summed E-state index contributed by atoms with van der Waals surface area (Å²) in [6.45, 7) is 4.72. The van der Waals surface area contributed by atoms with E-state index in [0.29, 0.717) is 5.41 Å². The first kappa shape index (κ1) is 10.6. The molecule has 2 nitrogen and oxygen atoms in total. The van der Waals surface area contributed by atoms with Crippen molar-refractivity contribution < 1.29 is 0 Å². The van der Waals surface area contributed by atoms with Crippen molar-refractivity contribution in [1.29, 1.82) is 0 Å². The summed E-state index contributed by atoms with van der Waals surface area (Å²) in [7, 11) is 0. The summed E-state index contributed by atoms with van der Waals surface area (Å²) in [6, 6.07) is 8.75. The third-order valence-electron chi connectivity index (χ3n) is 5.05. The van der Waals surface area contributed by atoms with Gasteiger partial charge < -0.3 is 10.3 Å². The number of para-hydroxylation sites is 1. The van der Waals surface area contributed by atoms with Crippen LogP contribution in [0.2, 0.25) is 0 Å². The van der Waals surface area contributed by atoms with Crippen molar-refractivity contribution in [3.05, 3.63) is 35.5 Å². The highest BCUT2D eigenvalue weighted by atomic mass is 15.0. The minimum absolute atomic E-state index is 0.634.